The molecule has 0 aliphatic rings. The second-order valence-electron chi connectivity index (χ2n) is 4.35. The third-order valence-corrected chi connectivity index (χ3v) is 3.14. The average Bonchev–Trinajstić information content (AvgIpc) is 2.45. The maximum absolute atomic E-state index is 11.4. The van der Waals surface area contributed by atoms with E-state index in [1.807, 2.05) is 30.3 Å². The SMILES string of the molecule is COC(=O)CN(C)c1nc2ccccc2cc1C(N)=S. The van der Waals surface area contributed by atoms with Crippen molar-refractivity contribution < 1.29 is 9.53 Å². The van der Waals surface area contributed by atoms with Crippen LogP contribution in [0.2, 0.25) is 0 Å². The number of aromatic nitrogens is 1. The zero-order valence-electron chi connectivity index (χ0n) is 11.3. The van der Waals surface area contributed by atoms with Crippen molar-refractivity contribution in [2.75, 3.05) is 25.6 Å². The number of esters is 1. The number of nitrogens with zero attached hydrogens (tertiary/aromatic N) is 2. The van der Waals surface area contributed by atoms with E-state index in [1.165, 1.54) is 7.11 Å². The number of ether oxygens (including phenoxy) is 1. The third-order valence-electron chi connectivity index (χ3n) is 2.92. The Morgan fingerprint density at radius 2 is 2.15 bits per heavy atom. The predicted molar refractivity (Wildman–Crippen MR) is 82.9 cm³/mol. The number of likely N-dealkylation sites (N-methyl/N-ethyl adjacent to an activating group) is 1. The van der Waals surface area contributed by atoms with Gasteiger partial charge in [-0.05, 0) is 12.1 Å². The van der Waals surface area contributed by atoms with Crippen molar-refractivity contribution >= 4 is 39.9 Å². The maximum Gasteiger partial charge on any atom is 0.325 e. The monoisotopic (exact) mass is 289 g/mol. The summed E-state index contributed by atoms with van der Waals surface area (Å²) < 4.78 is 4.66. The van der Waals surface area contributed by atoms with E-state index in [2.05, 4.69) is 9.72 Å². The maximum atomic E-state index is 11.4. The number of carbonyl (C=O) groups is 1. The van der Waals surface area contributed by atoms with Crippen LogP contribution in [0.3, 0.4) is 0 Å². The lowest BCUT2D eigenvalue weighted by atomic mass is 10.1. The van der Waals surface area contributed by atoms with Gasteiger partial charge in [0.05, 0.1) is 18.2 Å². The summed E-state index contributed by atoms with van der Waals surface area (Å²) in [6.07, 6.45) is 0. The molecule has 2 rings (SSSR count). The van der Waals surface area contributed by atoms with Crippen molar-refractivity contribution in [1.82, 2.24) is 4.98 Å². The Kier molecular flexibility index (Phi) is 4.14. The highest BCUT2D eigenvalue weighted by atomic mass is 32.1. The number of thiocarbonyl (C=S) groups is 1. The second kappa shape index (κ2) is 5.83. The Labute approximate surface area is 122 Å². The first-order valence-corrected chi connectivity index (χ1v) is 6.41. The van der Waals surface area contributed by atoms with Gasteiger partial charge in [0.2, 0.25) is 0 Å². The minimum absolute atomic E-state index is 0.0808. The van der Waals surface area contributed by atoms with Crippen LogP contribution in [0.15, 0.2) is 30.3 Å². The van der Waals surface area contributed by atoms with Gasteiger partial charge in [0.25, 0.3) is 0 Å². The summed E-state index contributed by atoms with van der Waals surface area (Å²) in [5, 5.41) is 0.950. The molecule has 0 spiro atoms. The van der Waals surface area contributed by atoms with Gasteiger partial charge in [0.15, 0.2) is 0 Å². The van der Waals surface area contributed by atoms with Gasteiger partial charge in [-0.1, -0.05) is 30.4 Å². The molecular weight excluding hydrogens is 274 g/mol. The third kappa shape index (κ3) is 2.85. The zero-order valence-corrected chi connectivity index (χ0v) is 12.1. The largest absolute Gasteiger partial charge is 0.468 e. The van der Waals surface area contributed by atoms with Crippen molar-refractivity contribution in [2.24, 2.45) is 5.73 Å². The normalized spacial score (nSPS) is 10.3. The molecule has 0 bridgehead atoms. The molecule has 0 fully saturated rings. The molecule has 0 aliphatic heterocycles. The van der Waals surface area contributed by atoms with Crippen LogP contribution in [0.1, 0.15) is 5.56 Å². The quantitative estimate of drug-likeness (QED) is 0.679. The molecule has 20 heavy (non-hydrogen) atoms. The Morgan fingerprint density at radius 3 is 2.80 bits per heavy atom. The van der Waals surface area contributed by atoms with Crippen molar-refractivity contribution in [3.63, 3.8) is 0 Å². The number of fused-ring (bicyclic) bond motifs is 1. The van der Waals surface area contributed by atoms with Crippen molar-refractivity contribution in [3.05, 3.63) is 35.9 Å². The molecule has 0 saturated carbocycles. The predicted octanol–water partition coefficient (Wildman–Crippen LogP) is 1.48. The molecule has 0 saturated heterocycles. The Balaban J connectivity index is 2.51. The number of methoxy groups -OCH3 is 1. The number of para-hydroxylation sites is 1. The van der Waals surface area contributed by atoms with Crippen LogP contribution in [0.25, 0.3) is 10.9 Å². The lowest BCUT2D eigenvalue weighted by Gasteiger charge is -2.20. The molecule has 0 unspecified atom stereocenters. The Hall–Kier alpha value is -2.21. The van der Waals surface area contributed by atoms with Crippen molar-refractivity contribution in [1.29, 1.82) is 0 Å². The molecule has 0 aliphatic carbocycles. The first kappa shape index (κ1) is 14.2. The smallest absolute Gasteiger partial charge is 0.325 e. The zero-order chi connectivity index (χ0) is 14.7. The highest BCUT2D eigenvalue weighted by Crippen LogP contribution is 2.22. The molecule has 1 aromatic heterocycles. The summed E-state index contributed by atoms with van der Waals surface area (Å²) in [4.78, 5) is 17.8. The van der Waals surface area contributed by atoms with Crippen LogP contribution < -0.4 is 10.6 Å². The molecule has 2 aromatic rings. The first-order valence-electron chi connectivity index (χ1n) is 6.00. The number of pyridine rings is 1. The summed E-state index contributed by atoms with van der Waals surface area (Å²) in [6.45, 7) is 0.0808. The topological polar surface area (TPSA) is 68.5 Å². The van der Waals surface area contributed by atoms with E-state index in [9.17, 15) is 4.79 Å². The molecule has 1 aromatic carbocycles. The minimum atomic E-state index is -0.351. The van der Waals surface area contributed by atoms with Crippen LogP contribution >= 0.6 is 12.2 Å². The number of anilines is 1. The van der Waals surface area contributed by atoms with Gasteiger partial charge in [0.1, 0.15) is 17.4 Å². The van der Waals surface area contributed by atoms with Gasteiger partial charge in [-0.2, -0.15) is 0 Å². The average molecular weight is 289 g/mol. The van der Waals surface area contributed by atoms with E-state index in [1.54, 1.807) is 11.9 Å². The molecule has 0 amide bonds. The molecule has 0 atom stereocenters. The lowest BCUT2D eigenvalue weighted by molar-refractivity contribution is -0.138. The fourth-order valence-electron chi connectivity index (χ4n) is 1.91. The lowest BCUT2D eigenvalue weighted by Crippen LogP contribution is -2.29. The van der Waals surface area contributed by atoms with Crippen molar-refractivity contribution in [3.8, 4) is 0 Å². The van der Waals surface area contributed by atoms with E-state index < -0.39 is 0 Å². The number of carbonyl (C=O) groups excluding carboxylic acids is 1. The van der Waals surface area contributed by atoms with Gasteiger partial charge >= 0.3 is 5.97 Å². The van der Waals surface area contributed by atoms with E-state index in [0.717, 1.165) is 10.9 Å². The Bertz CT molecular complexity index is 673. The van der Waals surface area contributed by atoms with Crippen LogP contribution in [0.4, 0.5) is 5.82 Å². The van der Waals surface area contributed by atoms with Gasteiger partial charge in [-0.3, -0.25) is 4.79 Å². The van der Waals surface area contributed by atoms with Gasteiger partial charge in [0, 0.05) is 12.4 Å². The van der Waals surface area contributed by atoms with E-state index in [4.69, 9.17) is 18.0 Å². The molecule has 6 heteroatoms. The summed E-state index contributed by atoms with van der Waals surface area (Å²) in [6, 6.07) is 9.54. The first-order chi connectivity index (χ1) is 9.52. The standard InChI is InChI=1S/C14H15N3O2S/c1-17(8-12(18)19-2)14-10(13(15)20)7-9-5-3-4-6-11(9)16-14/h3-7H,8H2,1-2H3,(H2,15,20). The Morgan fingerprint density at radius 1 is 1.45 bits per heavy atom. The fourth-order valence-corrected chi connectivity index (χ4v) is 2.06. The number of nitrogens with two attached hydrogens (primary N) is 1. The summed E-state index contributed by atoms with van der Waals surface area (Å²) >= 11 is 5.07. The number of hydrogen-bond donors (Lipinski definition) is 1. The molecule has 2 N–H and O–H groups in total. The van der Waals surface area contributed by atoms with E-state index in [0.29, 0.717) is 11.4 Å². The minimum Gasteiger partial charge on any atom is -0.468 e. The van der Waals surface area contributed by atoms with Gasteiger partial charge in [-0.15, -0.1) is 0 Å². The van der Waals surface area contributed by atoms with Crippen LogP contribution in [0, 0.1) is 0 Å². The molecule has 104 valence electrons. The van der Waals surface area contributed by atoms with Gasteiger partial charge < -0.3 is 15.4 Å². The number of rotatable bonds is 4. The summed E-state index contributed by atoms with van der Waals surface area (Å²) in [7, 11) is 3.09. The fraction of sp³-hybridized carbons (Fsp3) is 0.214. The van der Waals surface area contributed by atoms with Crippen LogP contribution in [-0.2, 0) is 9.53 Å². The second-order valence-corrected chi connectivity index (χ2v) is 4.79. The molecule has 0 radical (unpaired) electrons. The van der Waals surface area contributed by atoms with Gasteiger partial charge in [-0.25, -0.2) is 4.98 Å². The van der Waals surface area contributed by atoms with E-state index in [-0.39, 0.29) is 17.5 Å². The molecule has 1 heterocycles. The highest BCUT2D eigenvalue weighted by molar-refractivity contribution is 7.80. The molecular formula is C14H15N3O2S. The molecule has 5 nitrogen and oxygen atoms in total. The summed E-state index contributed by atoms with van der Waals surface area (Å²) in [5.74, 6) is 0.220. The highest BCUT2D eigenvalue weighted by Gasteiger charge is 2.15. The van der Waals surface area contributed by atoms with Crippen molar-refractivity contribution in [2.45, 2.75) is 0 Å². The van der Waals surface area contributed by atoms with E-state index >= 15 is 0 Å². The number of benzene rings is 1. The van der Waals surface area contributed by atoms with Crippen LogP contribution in [-0.4, -0.2) is 36.6 Å². The summed E-state index contributed by atoms with van der Waals surface area (Å²) in [5.41, 5.74) is 7.22. The van der Waals surface area contributed by atoms with Crippen LogP contribution in [0.5, 0.6) is 0 Å². The number of hydrogen-bond acceptors (Lipinski definition) is 5.